The average molecular weight is 435 g/mol. The number of thiazole rings is 1. The molecule has 1 aliphatic rings. The number of rotatable bonds is 5. The van der Waals surface area contributed by atoms with Crippen LogP contribution in [0.5, 0.6) is 11.5 Å². The Bertz CT molecular complexity index is 1270. The Hall–Kier alpha value is -3.90. The lowest BCUT2D eigenvalue weighted by molar-refractivity contribution is -0.142. The van der Waals surface area contributed by atoms with Gasteiger partial charge >= 0.3 is 5.97 Å². The first-order valence-corrected chi connectivity index (χ1v) is 10.1. The molecule has 2 aromatic carbocycles. The van der Waals surface area contributed by atoms with Crippen LogP contribution < -0.4 is 14.8 Å². The Morgan fingerprint density at radius 3 is 2.87 bits per heavy atom. The van der Waals surface area contributed by atoms with E-state index in [4.69, 9.17) is 14.2 Å². The van der Waals surface area contributed by atoms with Crippen molar-refractivity contribution in [2.24, 2.45) is 0 Å². The molecule has 0 atom stereocenters. The molecule has 156 valence electrons. The maximum absolute atomic E-state index is 12.2. The second-order valence-electron chi connectivity index (χ2n) is 6.85. The molecular weight excluding hydrogens is 418 g/mol. The summed E-state index contributed by atoms with van der Waals surface area (Å²) >= 11 is 1.34. The molecular formula is C22H17N3O5S. The van der Waals surface area contributed by atoms with E-state index in [1.807, 2.05) is 26.0 Å². The lowest BCUT2D eigenvalue weighted by Crippen LogP contribution is -2.21. The number of aryl methyl sites for hydroxylation is 2. The molecule has 4 rings (SSSR count). The highest BCUT2D eigenvalue weighted by Crippen LogP contribution is 2.33. The molecule has 9 heteroatoms. The van der Waals surface area contributed by atoms with Gasteiger partial charge in [-0.25, -0.2) is 9.78 Å². The molecule has 0 spiro atoms. The molecule has 0 unspecified atom stereocenters. The molecule has 0 radical (unpaired) electrons. The van der Waals surface area contributed by atoms with Crippen molar-refractivity contribution in [2.45, 2.75) is 13.8 Å². The summed E-state index contributed by atoms with van der Waals surface area (Å²) < 4.78 is 16.5. The minimum atomic E-state index is -0.897. The summed E-state index contributed by atoms with van der Waals surface area (Å²) in [7, 11) is 0. The summed E-state index contributed by atoms with van der Waals surface area (Å²) in [6, 6.07) is 10.8. The Labute approximate surface area is 181 Å². The van der Waals surface area contributed by atoms with Gasteiger partial charge < -0.3 is 14.2 Å². The highest BCUT2D eigenvalue weighted by atomic mass is 32.1. The SMILES string of the molecule is Cc1cc(C)c2nc(NC(=O)COC(=O)/C(C#N)=C\c3ccc4c(c3)OCO4)sc2c1. The number of nitrogens with one attached hydrogen (secondary N) is 1. The van der Waals surface area contributed by atoms with Gasteiger partial charge in [-0.15, -0.1) is 0 Å². The van der Waals surface area contributed by atoms with Gasteiger partial charge in [0.2, 0.25) is 6.79 Å². The van der Waals surface area contributed by atoms with Gasteiger partial charge in [-0.3, -0.25) is 10.1 Å². The lowest BCUT2D eigenvalue weighted by atomic mass is 10.1. The zero-order valence-electron chi connectivity index (χ0n) is 16.7. The largest absolute Gasteiger partial charge is 0.454 e. The molecule has 31 heavy (non-hydrogen) atoms. The molecule has 0 bridgehead atoms. The summed E-state index contributed by atoms with van der Waals surface area (Å²) in [5.41, 5.74) is 3.28. The number of hydrogen-bond acceptors (Lipinski definition) is 8. The molecule has 8 nitrogen and oxygen atoms in total. The number of carbonyl (C=O) groups excluding carboxylic acids is 2. The molecule has 1 aromatic heterocycles. The van der Waals surface area contributed by atoms with Crippen molar-refractivity contribution in [1.82, 2.24) is 4.98 Å². The van der Waals surface area contributed by atoms with Crippen LogP contribution in [0.2, 0.25) is 0 Å². The van der Waals surface area contributed by atoms with Gasteiger partial charge in [0.25, 0.3) is 5.91 Å². The standard InChI is InChI=1S/C22H17N3O5S/c1-12-5-13(2)20-18(6-12)31-22(25-20)24-19(26)10-28-21(27)15(9-23)7-14-3-4-16-17(8-14)30-11-29-16/h3-8H,10-11H2,1-2H3,(H,24,25,26)/b15-7-. The summed E-state index contributed by atoms with van der Waals surface area (Å²) in [4.78, 5) is 28.8. The molecule has 3 aromatic rings. The van der Waals surface area contributed by atoms with Crippen molar-refractivity contribution in [1.29, 1.82) is 5.26 Å². The van der Waals surface area contributed by atoms with E-state index in [-0.39, 0.29) is 12.4 Å². The van der Waals surface area contributed by atoms with E-state index in [2.05, 4.69) is 10.3 Å². The van der Waals surface area contributed by atoms with E-state index in [1.165, 1.54) is 17.4 Å². The number of fused-ring (bicyclic) bond motifs is 2. The summed E-state index contributed by atoms with van der Waals surface area (Å²) in [5, 5.41) is 12.3. The minimum absolute atomic E-state index is 0.124. The van der Waals surface area contributed by atoms with Gasteiger partial charge in [0.15, 0.2) is 23.2 Å². The third-order valence-corrected chi connectivity index (χ3v) is 5.38. The van der Waals surface area contributed by atoms with Crippen LogP contribution in [0.1, 0.15) is 16.7 Å². The number of nitrogens with zero attached hydrogens (tertiary/aromatic N) is 2. The van der Waals surface area contributed by atoms with Crippen LogP contribution in [0.3, 0.4) is 0 Å². The number of aromatic nitrogens is 1. The molecule has 1 N–H and O–H groups in total. The van der Waals surface area contributed by atoms with Crippen molar-refractivity contribution >= 4 is 44.6 Å². The van der Waals surface area contributed by atoms with Crippen molar-refractivity contribution in [3.8, 4) is 17.6 Å². The number of hydrogen-bond donors (Lipinski definition) is 1. The van der Waals surface area contributed by atoms with E-state index in [0.717, 1.165) is 21.3 Å². The molecule has 1 aliphatic heterocycles. The van der Waals surface area contributed by atoms with E-state index in [1.54, 1.807) is 24.3 Å². The number of nitriles is 1. The third kappa shape index (κ3) is 4.49. The van der Waals surface area contributed by atoms with Crippen molar-refractivity contribution in [3.63, 3.8) is 0 Å². The van der Waals surface area contributed by atoms with E-state index >= 15 is 0 Å². The molecule has 1 amide bonds. The van der Waals surface area contributed by atoms with Gasteiger partial charge in [-0.2, -0.15) is 5.26 Å². The maximum Gasteiger partial charge on any atom is 0.349 e. The van der Waals surface area contributed by atoms with Gasteiger partial charge in [-0.1, -0.05) is 23.5 Å². The Balaban J connectivity index is 1.38. The zero-order valence-corrected chi connectivity index (χ0v) is 17.5. The average Bonchev–Trinajstić information content (AvgIpc) is 3.36. The fourth-order valence-corrected chi connectivity index (χ4v) is 4.15. The highest BCUT2D eigenvalue weighted by molar-refractivity contribution is 7.22. The summed E-state index contributed by atoms with van der Waals surface area (Å²) in [6.45, 7) is 3.54. The minimum Gasteiger partial charge on any atom is -0.454 e. The first-order chi connectivity index (χ1) is 14.9. The fourth-order valence-electron chi connectivity index (χ4n) is 3.09. The normalized spacial score (nSPS) is 12.5. The lowest BCUT2D eigenvalue weighted by Gasteiger charge is -2.04. The number of amides is 1. The van der Waals surface area contributed by atoms with Crippen LogP contribution in [-0.2, 0) is 14.3 Å². The first kappa shape index (κ1) is 20.4. The molecule has 2 heterocycles. The molecule has 0 saturated carbocycles. The van der Waals surface area contributed by atoms with Crippen LogP contribution in [0.4, 0.5) is 5.13 Å². The quantitative estimate of drug-likeness (QED) is 0.369. The van der Waals surface area contributed by atoms with Crippen LogP contribution in [0.15, 0.2) is 35.9 Å². The Morgan fingerprint density at radius 1 is 1.26 bits per heavy atom. The van der Waals surface area contributed by atoms with Crippen LogP contribution in [0, 0.1) is 25.2 Å². The smallest absolute Gasteiger partial charge is 0.349 e. The fraction of sp³-hybridized carbons (Fsp3) is 0.182. The summed E-state index contributed by atoms with van der Waals surface area (Å²) in [5.74, 6) is -0.316. The van der Waals surface area contributed by atoms with Crippen LogP contribution >= 0.6 is 11.3 Å². The predicted octanol–water partition coefficient (Wildman–Crippen LogP) is 3.73. The number of esters is 1. The van der Waals surface area contributed by atoms with Gasteiger partial charge in [0.05, 0.1) is 10.2 Å². The van der Waals surface area contributed by atoms with Crippen molar-refractivity contribution < 1.29 is 23.8 Å². The predicted molar refractivity (Wildman–Crippen MR) is 115 cm³/mol. The topological polar surface area (TPSA) is 111 Å². The third-order valence-electron chi connectivity index (χ3n) is 4.46. The van der Waals surface area contributed by atoms with Crippen LogP contribution in [0.25, 0.3) is 16.3 Å². The molecule has 0 saturated heterocycles. The molecule has 0 fully saturated rings. The van der Waals surface area contributed by atoms with E-state index in [0.29, 0.717) is 22.2 Å². The maximum atomic E-state index is 12.2. The van der Waals surface area contributed by atoms with Crippen molar-refractivity contribution in [3.05, 3.63) is 52.6 Å². The van der Waals surface area contributed by atoms with Crippen molar-refractivity contribution in [2.75, 3.05) is 18.7 Å². The van der Waals surface area contributed by atoms with E-state index < -0.39 is 18.5 Å². The zero-order chi connectivity index (χ0) is 22.0. The van der Waals surface area contributed by atoms with Gasteiger partial charge in [0, 0.05) is 0 Å². The first-order valence-electron chi connectivity index (χ1n) is 9.29. The number of anilines is 1. The van der Waals surface area contributed by atoms with Gasteiger partial charge in [-0.05, 0) is 54.8 Å². The highest BCUT2D eigenvalue weighted by Gasteiger charge is 2.17. The summed E-state index contributed by atoms with van der Waals surface area (Å²) in [6.07, 6.45) is 1.36. The number of benzene rings is 2. The van der Waals surface area contributed by atoms with Gasteiger partial charge in [0.1, 0.15) is 11.6 Å². The second kappa shape index (κ2) is 8.45. The van der Waals surface area contributed by atoms with E-state index in [9.17, 15) is 14.9 Å². The molecule has 0 aliphatic carbocycles. The number of carbonyl (C=O) groups is 2. The monoisotopic (exact) mass is 435 g/mol. The Kier molecular flexibility index (Phi) is 5.56. The number of ether oxygens (including phenoxy) is 3. The second-order valence-corrected chi connectivity index (χ2v) is 7.89. The van der Waals surface area contributed by atoms with Crippen LogP contribution in [-0.4, -0.2) is 30.3 Å². The Morgan fingerprint density at radius 2 is 2.06 bits per heavy atom.